The molecule has 0 aromatic heterocycles. The smallest absolute Gasteiger partial charge is 0.462 e. The standard InChI is InChI=1S/C78H152O17P2/c1-9-71(8)57-49-41-36-37-43-51-59-76(81)89-65-74(95-78(83)61-53-45-35-29-23-17-15-20-26-32-40-48-56-70(6)7)67-93-97(86,87)91-63-72(79)62-90-96(84,85)92-66-73(94-77(82)60-52-44-34-28-22-16-14-19-25-31-39-47-55-69(4)5)64-88-75(80)58-50-42-33-27-21-13-11-10-12-18-24-30-38-46-54-68(2)3/h68-74,79H,9-67H2,1-8H3,(H,84,85)(H,86,87)/t71?,72-,73-,74-/m1/s1. The maximum absolute atomic E-state index is 13.1. The molecule has 0 heterocycles. The van der Waals surface area contributed by atoms with Crippen molar-refractivity contribution in [1.29, 1.82) is 0 Å². The minimum Gasteiger partial charge on any atom is -0.462 e. The number of esters is 4. The average Bonchev–Trinajstić information content (AvgIpc) is 1.63. The lowest BCUT2D eigenvalue weighted by molar-refractivity contribution is -0.161. The van der Waals surface area contributed by atoms with Crippen LogP contribution in [0.2, 0.25) is 0 Å². The van der Waals surface area contributed by atoms with Gasteiger partial charge in [-0.3, -0.25) is 37.3 Å². The molecule has 19 heteroatoms. The summed E-state index contributed by atoms with van der Waals surface area (Å²) >= 11 is 0. The van der Waals surface area contributed by atoms with Crippen LogP contribution in [0.5, 0.6) is 0 Å². The molecule has 576 valence electrons. The summed E-state index contributed by atoms with van der Waals surface area (Å²) in [6.07, 6.45) is 52.7. The van der Waals surface area contributed by atoms with Crippen LogP contribution in [0.25, 0.3) is 0 Å². The van der Waals surface area contributed by atoms with Gasteiger partial charge in [0.1, 0.15) is 19.3 Å². The van der Waals surface area contributed by atoms with Gasteiger partial charge >= 0.3 is 39.5 Å². The molecule has 0 aliphatic heterocycles. The Morgan fingerprint density at radius 3 is 0.732 bits per heavy atom. The second-order valence-corrected chi connectivity index (χ2v) is 32.7. The zero-order valence-corrected chi connectivity index (χ0v) is 65.5. The second kappa shape index (κ2) is 67.2. The quantitative estimate of drug-likeness (QED) is 0.0222. The summed E-state index contributed by atoms with van der Waals surface area (Å²) in [5, 5.41) is 10.6. The number of carbonyl (C=O) groups is 4. The molecule has 0 radical (unpaired) electrons. The highest BCUT2D eigenvalue weighted by Crippen LogP contribution is 2.45. The van der Waals surface area contributed by atoms with E-state index in [0.717, 1.165) is 120 Å². The molecule has 3 unspecified atom stereocenters. The van der Waals surface area contributed by atoms with Crippen molar-refractivity contribution in [2.24, 2.45) is 23.7 Å². The van der Waals surface area contributed by atoms with Crippen molar-refractivity contribution in [2.45, 2.75) is 414 Å². The topological polar surface area (TPSA) is 237 Å². The molecule has 0 amide bonds. The first-order valence-electron chi connectivity index (χ1n) is 40.2. The zero-order chi connectivity index (χ0) is 71.7. The van der Waals surface area contributed by atoms with Gasteiger partial charge in [0, 0.05) is 25.7 Å². The van der Waals surface area contributed by atoms with Crippen LogP contribution < -0.4 is 0 Å². The fourth-order valence-corrected chi connectivity index (χ4v) is 13.5. The molecule has 6 atom stereocenters. The van der Waals surface area contributed by atoms with Crippen LogP contribution in [0, 0.1) is 23.7 Å². The normalized spacial score (nSPS) is 14.4. The lowest BCUT2D eigenvalue weighted by atomic mass is 10.00. The molecule has 0 bridgehead atoms. The number of aliphatic hydroxyl groups excluding tert-OH is 1. The van der Waals surface area contributed by atoms with Gasteiger partial charge in [-0.25, -0.2) is 9.13 Å². The molecule has 17 nitrogen and oxygen atoms in total. The molecule has 0 fully saturated rings. The van der Waals surface area contributed by atoms with Gasteiger partial charge in [-0.05, 0) is 49.4 Å². The highest BCUT2D eigenvalue weighted by molar-refractivity contribution is 7.47. The Morgan fingerprint density at radius 2 is 0.495 bits per heavy atom. The summed E-state index contributed by atoms with van der Waals surface area (Å²) in [4.78, 5) is 72.9. The van der Waals surface area contributed by atoms with Gasteiger partial charge in [-0.1, -0.05) is 344 Å². The third-order valence-corrected chi connectivity index (χ3v) is 20.3. The molecule has 97 heavy (non-hydrogen) atoms. The number of phosphoric ester groups is 2. The number of phosphoric acid groups is 2. The fourth-order valence-electron chi connectivity index (χ4n) is 11.9. The largest absolute Gasteiger partial charge is 0.472 e. The van der Waals surface area contributed by atoms with E-state index < -0.39 is 97.5 Å². The first kappa shape index (κ1) is 95.1. The van der Waals surface area contributed by atoms with Crippen molar-refractivity contribution in [1.82, 2.24) is 0 Å². The Morgan fingerprint density at radius 1 is 0.289 bits per heavy atom. The van der Waals surface area contributed by atoms with Gasteiger partial charge in [0.25, 0.3) is 0 Å². The number of ether oxygens (including phenoxy) is 4. The molecule has 0 aliphatic rings. The lowest BCUT2D eigenvalue weighted by Crippen LogP contribution is -2.30. The Labute approximate surface area is 594 Å². The molecular formula is C78H152O17P2. The predicted octanol–water partition coefficient (Wildman–Crippen LogP) is 22.8. The molecule has 3 N–H and O–H groups in total. The molecule has 0 aliphatic carbocycles. The van der Waals surface area contributed by atoms with E-state index in [1.54, 1.807) is 0 Å². The minimum absolute atomic E-state index is 0.106. The lowest BCUT2D eigenvalue weighted by Gasteiger charge is -2.21. The van der Waals surface area contributed by atoms with Gasteiger partial charge in [0.05, 0.1) is 26.4 Å². The van der Waals surface area contributed by atoms with Gasteiger partial charge in [0.15, 0.2) is 12.2 Å². The number of unbranched alkanes of at least 4 members (excludes halogenated alkanes) is 40. The van der Waals surface area contributed by atoms with E-state index >= 15 is 0 Å². The second-order valence-electron chi connectivity index (χ2n) is 29.8. The van der Waals surface area contributed by atoms with E-state index in [2.05, 4.69) is 55.4 Å². The van der Waals surface area contributed by atoms with E-state index in [9.17, 15) is 43.2 Å². The summed E-state index contributed by atoms with van der Waals surface area (Å²) in [5.41, 5.74) is 0. The molecule has 0 aromatic rings. The molecular weight excluding hydrogens is 1270 g/mol. The minimum atomic E-state index is -4.96. The maximum Gasteiger partial charge on any atom is 0.472 e. The Hall–Kier alpha value is -1.94. The number of hydrogen-bond donors (Lipinski definition) is 3. The van der Waals surface area contributed by atoms with Crippen LogP contribution in [0.1, 0.15) is 396 Å². The monoisotopic (exact) mass is 1420 g/mol. The third kappa shape index (κ3) is 70.9. The van der Waals surface area contributed by atoms with Crippen molar-refractivity contribution in [3.8, 4) is 0 Å². The highest BCUT2D eigenvalue weighted by Gasteiger charge is 2.30. The molecule has 0 spiro atoms. The highest BCUT2D eigenvalue weighted by atomic mass is 31.2. The molecule has 0 saturated carbocycles. The number of hydrogen-bond acceptors (Lipinski definition) is 15. The van der Waals surface area contributed by atoms with Crippen LogP contribution >= 0.6 is 15.6 Å². The van der Waals surface area contributed by atoms with Gasteiger partial charge in [0.2, 0.25) is 0 Å². The first-order valence-corrected chi connectivity index (χ1v) is 43.2. The Kier molecular flexibility index (Phi) is 65.9. The molecule has 0 saturated heterocycles. The zero-order valence-electron chi connectivity index (χ0n) is 63.7. The first-order chi connectivity index (χ1) is 46.6. The van der Waals surface area contributed by atoms with E-state index in [1.165, 1.54) is 193 Å². The van der Waals surface area contributed by atoms with Crippen molar-refractivity contribution < 1.29 is 80.2 Å². The van der Waals surface area contributed by atoms with E-state index in [4.69, 9.17) is 37.0 Å². The van der Waals surface area contributed by atoms with Gasteiger partial charge < -0.3 is 33.8 Å². The summed E-state index contributed by atoms with van der Waals surface area (Å²) in [6, 6.07) is 0. The van der Waals surface area contributed by atoms with Crippen molar-refractivity contribution in [3.05, 3.63) is 0 Å². The van der Waals surface area contributed by atoms with Gasteiger partial charge in [-0.15, -0.1) is 0 Å². The molecule has 0 rings (SSSR count). The Balaban J connectivity index is 5.25. The van der Waals surface area contributed by atoms with Crippen LogP contribution in [0.4, 0.5) is 0 Å². The fraction of sp³-hybridized carbons (Fsp3) is 0.949. The van der Waals surface area contributed by atoms with Crippen LogP contribution in [0.15, 0.2) is 0 Å². The Bertz CT molecular complexity index is 1900. The molecule has 0 aromatic carbocycles. The van der Waals surface area contributed by atoms with Crippen molar-refractivity contribution >= 4 is 39.5 Å². The summed E-state index contributed by atoms with van der Waals surface area (Å²) in [7, 11) is -9.92. The maximum atomic E-state index is 13.1. The van der Waals surface area contributed by atoms with Crippen molar-refractivity contribution in [3.63, 3.8) is 0 Å². The summed E-state index contributed by atoms with van der Waals surface area (Å²) in [6.45, 7) is 14.2. The van der Waals surface area contributed by atoms with E-state index in [-0.39, 0.29) is 25.7 Å². The van der Waals surface area contributed by atoms with Crippen LogP contribution in [-0.2, 0) is 65.4 Å². The third-order valence-electron chi connectivity index (χ3n) is 18.4. The van der Waals surface area contributed by atoms with Crippen LogP contribution in [-0.4, -0.2) is 96.7 Å². The van der Waals surface area contributed by atoms with Crippen LogP contribution in [0.3, 0.4) is 0 Å². The number of rotatable bonds is 75. The van der Waals surface area contributed by atoms with E-state index in [1.807, 2.05) is 0 Å². The van der Waals surface area contributed by atoms with Gasteiger partial charge in [-0.2, -0.15) is 0 Å². The predicted molar refractivity (Wildman–Crippen MR) is 395 cm³/mol. The summed E-state index contributed by atoms with van der Waals surface area (Å²) in [5.74, 6) is 0.965. The average molecular weight is 1420 g/mol. The SMILES string of the molecule is CCC(C)CCCCCCCCC(=O)OC[C@H](COP(=O)(O)OC[C@H](O)COP(=O)(O)OC[C@@H](COC(=O)CCCCCCCCCCCCCCCCC(C)C)OC(=O)CCCCCCCCCCCCCCC(C)C)OC(=O)CCCCCCCCCCCCCCC(C)C. The van der Waals surface area contributed by atoms with Crippen molar-refractivity contribution in [2.75, 3.05) is 39.6 Å². The summed E-state index contributed by atoms with van der Waals surface area (Å²) < 4.78 is 68.6. The number of aliphatic hydroxyl groups is 1. The number of carbonyl (C=O) groups excluding carboxylic acids is 4. The van der Waals surface area contributed by atoms with E-state index in [0.29, 0.717) is 25.7 Å².